The molecule has 6 nitrogen and oxygen atoms in total. The Kier molecular flexibility index (Phi) is 4.42. The molecule has 0 amide bonds. The van der Waals surface area contributed by atoms with E-state index in [2.05, 4.69) is 29.1 Å². The number of carboxylic acids is 1. The molecule has 0 bridgehead atoms. The van der Waals surface area contributed by atoms with Gasteiger partial charge in [-0.25, -0.2) is 4.79 Å². The van der Waals surface area contributed by atoms with E-state index in [0.717, 1.165) is 13.0 Å². The van der Waals surface area contributed by atoms with E-state index in [1.807, 2.05) is 7.05 Å². The molecule has 1 rings (SSSR count). The molecule has 0 aliphatic rings. The molecule has 0 aliphatic carbocycles. The molecule has 1 aromatic heterocycles. The molecule has 1 N–H and O–H groups in total. The van der Waals surface area contributed by atoms with Crippen LogP contribution in [0.1, 0.15) is 30.8 Å². The molecule has 1 heterocycles. The number of carbonyl (C=O) groups is 1. The van der Waals surface area contributed by atoms with Crippen LogP contribution < -0.4 is 0 Å². The summed E-state index contributed by atoms with van der Waals surface area (Å²) in [6, 6.07) is 0.516. The highest BCUT2D eigenvalue weighted by Crippen LogP contribution is 2.00. The van der Waals surface area contributed by atoms with Crippen LogP contribution in [0, 0.1) is 0 Å². The Bertz CT molecular complexity index is 350. The predicted molar refractivity (Wildman–Crippen MR) is 59.4 cm³/mol. The molecule has 0 spiro atoms. The Morgan fingerprint density at radius 2 is 2.38 bits per heavy atom. The molecular formula is C10H18N4O2. The molecule has 0 saturated carbocycles. The minimum absolute atomic E-state index is 0.00815. The first-order chi connectivity index (χ1) is 7.54. The molecule has 0 aliphatic heterocycles. The van der Waals surface area contributed by atoms with Crippen molar-refractivity contribution in [2.75, 3.05) is 13.6 Å². The van der Waals surface area contributed by atoms with Crippen LogP contribution in [0.4, 0.5) is 0 Å². The lowest BCUT2D eigenvalue weighted by Gasteiger charge is -2.22. The molecule has 16 heavy (non-hydrogen) atoms. The third-order valence-electron chi connectivity index (χ3n) is 2.78. The fraction of sp³-hybridized carbons (Fsp3) is 0.700. The maximum Gasteiger partial charge on any atom is 0.358 e. The molecule has 0 radical (unpaired) electrons. The molecular weight excluding hydrogens is 208 g/mol. The van der Waals surface area contributed by atoms with Gasteiger partial charge in [-0.2, -0.15) is 0 Å². The van der Waals surface area contributed by atoms with Crippen LogP contribution in [0.5, 0.6) is 0 Å². The number of hydrogen-bond acceptors (Lipinski definition) is 4. The van der Waals surface area contributed by atoms with Crippen molar-refractivity contribution >= 4 is 5.97 Å². The number of carboxylic acid groups (broad SMARTS) is 1. The average Bonchev–Trinajstić information content (AvgIpc) is 2.73. The molecule has 6 heteroatoms. The highest BCUT2D eigenvalue weighted by atomic mass is 16.4. The third kappa shape index (κ3) is 3.30. The average molecular weight is 226 g/mol. The Labute approximate surface area is 94.9 Å². The number of nitrogens with zero attached hydrogens (tertiary/aromatic N) is 4. The second-order valence-corrected chi connectivity index (χ2v) is 3.91. The molecule has 0 saturated heterocycles. The van der Waals surface area contributed by atoms with Crippen LogP contribution in [-0.4, -0.2) is 50.6 Å². The maximum absolute atomic E-state index is 10.6. The van der Waals surface area contributed by atoms with Crippen LogP contribution in [0.3, 0.4) is 0 Å². The highest BCUT2D eigenvalue weighted by Gasteiger charge is 2.10. The zero-order valence-electron chi connectivity index (χ0n) is 9.92. The van der Waals surface area contributed by atoms with Gasteiger partial charge >= 0.3 is 5.97 Å². The monoisotopic (exact) mass is 226 g/mol. The van der Waals surface area contributed by atoms with Gasteiger partial charge < -0.3 is 10.0 Å². The van der Waals surface area contributed by atoms with E-state index in [1.54, 1.807) is 4.68 Å². The van der Waals surface area contributed by atoms with Gasteiger partial charge in [0.1, 0.15) is 0 Å². The van der Waals surface area contributed by atoms with E-state index in [0.29, 0.717) is 12.6 Å². The van der Waals surface area contributed by atoms with Gasteiger partial charge in [0.15, 0.2) is 5.69 Å². The number of hydrogen-bond donors (Lipinski definition) is 1. The summed E-state index contributed by atoms with van der Waals surface area (Å²) < 4.78 is 1.56. The Balaban J connectivity index is 2.45. The van der Waals surface area contributed by atoms with Gasteiger partial charge in [-0.05, 0) is 20.4 Å². The maximum atomic E-state index is 10.6. The lowest BCUT2D eigenvalue weighted by atomic mass is 10.2. The zero-order chi connectivity index (χ0) is 12.1. The molecule has 1 unspecified atom stereocenters. The van der Waals surface area contributed by atoms with Crippen molar-refractivity contribution in [1.82, 2.24) is 19.9 Å². The van der Waals surface area contributed by atoms with Crippen LogP contribution in [0.25, 0.3) is 0 Å². The first-order valence-corrected chi connectivity index (χ1v) is 5.38. The van der Waals surface area contributed by atoms with Crippen molar-refractivity contribution in [3.05, 3.63) is 11.9 Å². The van der Waals surface area contributed by atoms with Crippen molar-refractivity contribution < 1.29 is 9.90 Å². The smallest absolute Gasteiger partial charge is 0.358 e. The molecule has 1 aromatic rings. The summed E-state index contributed by atoms with van der Waals surface area (Å²) in [4.78, 5) is 12.8. The van der Waals surface area contributed by atoms with Gasteiger partial charge in [0.2, 0.25) is 0 Å². The molecule has 1 atom stereocenters. The van der Waals surface area contributed by atoms with E-state index in [9.17, 15) is 4.79 Å². The van der Waals surface area contributed by atoms with Gasteiger partial charge in [0.05, 0.1) is 12.7 Å². The van der Waals surface area contributed by atoms with Crippen molar-refractivity contribution in [1.29, 1.82) is 0 Å². The summed E-state index contributed by atoms with van der Waals surface area (Å²) in [6.07, 6.45) is 2.54. The minimum Gasteiger partial charge on any atom is -0.476 e. The Hall–Kier alpha value is -1.43. The SMILES string of the molecule is CCC(C)N(C)CCn1cc(C(=O)O)nn1. The van der Waals surface area contributed by atoms with Crippen LogP contribution in [0.2, 0.25) is 0 Å². The van der Waals surface area contributed by atoms with Crippen molar-refractivity contribution in [3.63, 3.8) is 0 Å². The van der Waals surface area contributed by atoms with Crippen LogP contribution >= 0.6 is 0 Å². The zero-order valence-corrected chi connectivity index (χ0v) is 9.92. The number of rotatable bonds is 6. The van der Waals surface area contributed by atoms with Crippen LogP contribution in [-0.2, 0) is 6.54 Å². The number of aromatic carboxylic acids is 1. The highest BCUT2D eigenvalue weighted by molar-refractivity contribution is 5.84. The van der Waals surface area contributed by atoms with Gasteiger partial charge in [-0.1, -0.05) is 12.1 Å². The predicted octanol–water partition coefficient (Wildman–Crippen LogP) is 0.707. The first-order valence-electron chi connectivity index (χ1n) is 5.38. The van der Waals surface area contributed by atoms with Crippen molar-refractivity contribution in [3.8, 4) is 0 Å². The summed E-state index contributed by atoms with van der Waals surface area (Å²) in [7, 11) is 2.04. The summed E-state index contributed by atoms with van der Waals surface area (Å²) >= 11 is 0. The minimum atomic E-state index is -1.04. The Morgan fingerprint density at radius 1 is 1.69 bits per heavy atom. The number of likely N-dealkylation sites (N-methyl/N-ethyl adjacent to an activating group) is 1. The van der Waals surface area contributed by atoms with E-state index in [-0.39, 0.29) is 5.69 Å². The molecule has 0 fully saturated rings. The second kappa shape index (κ2) is 5.60. The topological polar surface area (TPSA) is 71.2 Å². The quantitative estimate of drug-likeness (QED) is 0.773. The van der Waals surface area contributed by atoms with Gasteiger partial charge in [-0.3, -0.25) is 4.68 Å². The van der Waals surface area contributed by atoms with E-state index >= 15 is 0 Å². The molecule has 0 aromatic carbocycles. The third-order valence-corrected chi connectivity index (χ3v) is 2.78. The van der Waals surface area contributed by atoms with E-state index < -0.39 is 5.97 Å². The van der Waals surface area contributed by atoms with Crippen molar-refractivity contribution in [2.45, 2.75) is 32.9 Å². The summed E-state index contributed by atoms with van der Waals surface area (Å²) in [5, 5.41) is 16.0. The van der Waals surface area contributed by atoms with Gasteiger partial charge in [0.25, 0.3) is 0 Å². The van der Waals surface area contributed by atoms with E-state index in [1.165, 1.54) is 6.20 Å². The summed E-state index contributed by atoms with van der Waals surface area (Å²) in [5.74, 6) is -1.04. The van der Waals surface area contributed by atoms with Gasteiger partial charge in [-0.15, -0.1) is 5.10 Å². The fourth-order valence-corrected chi connectivity index (χ4v) is 1.30. The second-order valence-electron chi connectivity index (χ2n) is 3.91. The standard InChI is InChI=1S/C10H18N4O2/c1-4-8(2)13(3)5-6-14-7-9(10(15)16)11-12-14/h7-8H,4-6H2,1-3H3,(H,15,16). The Morgan fingerprint density at radius 3 is 2.88 bits per heavy atom. The summed E-state index contributed by atoms with van der Waals surface area (Å²) in [6.45, 7) is 5.78. The number of aromatic nitrogens is 3. The first kappa shape index (κ1) is 12.6. The van der Waals surface area contributed by atoms with Gasteiger partial charge in [0, 0.05) is 12.6 Å². The van der Waals surface area contributed by atoms with E-state index in [4.69, 9.17) is 5.11 Å². The fourth-order valence-electron chi connectivity index (χ4n) is 1.30. The normalized spacial score (nSPS) is 13.0. The molecule has 90 valence electrons. The lowest BCUT2D eigenvalue weighted by molar-refractivity contribution is 0.0690. The summed E-state index contributed by atoms with van der Waals surface area (Å²) in [5.41, 5.74) is -0.00815. The lowest BCUT2D eigenvalue weighted by Crippen LogP contribution is -2.31. The largest absolute Gasteiger partial charge is 0.476 e. The van der Waals surface area contributed by atoms with Crippen molar-refractivity contribution in [2.24, 2.45) is 0 Å². The van der Waals surface area contributed by atoms with Crippen LogP contribution in [0.15, 0.2) is 6.20 Å².